The Labute approximate surface area is 108 Å². The summed E-state index contributed by atoms with van der Waals surface area (Å²) in [6, 6.07) is 12.5. The third-order valence-corrected chi connectivity index (χ3v) is 2.82. The molecule has 1 aromatic carbocycles. The van der Waals surface area contributed by atoms with Crippen LogP contribution in [-0.2, 0) is 12.8 Å². The van der Waals surface area contributed by atoms with E-state index in [0.717, 1.165) is 36.7 Å². The molecule has 0 bridgehead atoms. The molecule has 0 saturated heterocycles. The first-order chi connectivity index (χ1) is 8.78. The second-order valence-corrected chi connectivity index (χ2v) is 4.31. The standard InChI is InChI=1S/C15H19N3/c1-3-14-11-15(18-12(2)17-14)16-10-9-13-7-5-4-6-8-13/h4-8,11H,3,9-10H2,1-2H3,(H,16,17,18). The molecule has 2 aromatic rings. The van der Waals surface area contributed by atoms with Gasteiger partial charge in [-0.2, -0.15) is 0 Å². The minimum absolute atomic E-state index is 0.830. The van der Waals surface area contributed by atoms with Gasteiger partial charge in [-0.25, -0.2) is 9.97 Å². The maximum Gasteiger partial charge on any atom is 0.129 e. The summed E-state index contributed by atoms with van der Waals surface area (Å²) in [5.74, 6) is 1.76. The summed E-state index contributed by atoms with van der Waals surface area (Å²) in [6.45, 7) is 4.93. The maximum absolute atomic E-state index is 4.39. The molecule has 1 aromatic heterocycles. The quantitative estimate of drug-likeness (QED) is 0.874. The van der Waals surface area contributed by atoms with Crippen molar-refractivity contribution in [3.63, 3.8) is 0 Å². The molecule has 0 aliphatic heterocycles. The fourth-order valence-corrected chi connectivity index (χ4v) is 1.88. The first kappa shape index (κ1) is 12.6. The van der Waals surface area contributed by atoms with E-state index < -0.39 is 0 Å². The summed E-state index contributed by atoms with van der Waals surface area (Å²) in [6.07, 6.45) is 1.95. The van der Waals surface area contributed by atoms with Crippen LogP contribution in [0.1, 0.15) is 24.0 Å². The maximum atomic E-state index is 4.39. The zero-order valence-corrected chi connectivity index (χ0v) is 11.0. The first-order valence-corrected chi connectivity index (χ1v) is 6.40. The summed E-state index contributed by atoms with van der Waals surface area (Å²) in [5, 5.41) is 3.36. The van der Waals surface area contributed by atoms with Gasteiger partial charge in [0.25, 0.3) is 0 Å². The van der Waals surface area contributed by atoms with E-state index >= 15 is 0 Å². The predicted molar refractivity (Wildman–Crippen MR) is 74.8 cm³/mol. The lowest BCUT2D eigenvalue weighted by Crippen LogP contribution is -2.08. The number of aromatic nitrogens is 2. The molecule has 0 aliphatic carbocycles. The lowest BCUT2D eigenvalue weighted by molar-refractivity contribution is 0.932. The van der Waals surface area contributed by atoms with Crippen LogP contribution in [-0.4, -0.2) is 16.5 Å². The molecule has 0 spiro atoms. The Balaban J connectivity index is 1.92. The summed E-state index contributed by atoms with van der Waals surface area (Å²) < 4.78 is 0. The zero-order chi connectivity index (χ0) is 12.8. The van der Waals surface area contributed by atoms with E-state index in [1.165, 1.54) is 5.56 Å². The van der Waals surface area contributed by atoms with Crippen molar-refractivity contribution in [3.05, 3.63) is 53.5 Å². The number of rotatable bonds is 5. The summed E-state index contributed by atoms with van der Waals surface area (Å²) in [5.41, 5.74) is 2.43. The number of nitrogens with one attached hydrogen (secondary N) is 1. The van der Waals surface area contributed by atoms with Gasteiger partial charge in [0.2, 0.25) is 0 Å². The summed E-state index contributed by atoms with van der Waals surface area (Å²) in [4.78, 5) is 8.76. The molecule has 2 rings (SSSR count). The number of hydrogen-bond donors (Lipinski definition) is 1. The monoisotopic (exact) mass is 241 g/mol. The molecule has 0 saturated carbocycles. The third kappa shape index (κ3) is 3.55. The fourth-order valence-electron chi connectivity index (χ4n) is 1.88. The highest BCUT2D eigenvalue weighted by Gasteiger charge is 2.00. The van der Waals surface area contributed by atoms with Gasteiger partial charge in [-0.1, -0.05) is 37.3 Å². The van der Waals surface area contributed by atoms with Gasteiger partial charge >= 0.3 is 0 Å². The second-order valence-electron chi connectivity index (χ2n) is 4.31. The van der Waals surface area contributed by atoms with E-state index in [1.54, 1.807) is 0 Å². The number of anilines is 1. The van der Waals surface area contributed by atoms with Crippen LogP contribution in [0.15, 0.2) is 36.4 Å². The van der Waals surface area contributed by atoms with Crippen LogP contribution >= 0.6 is 0 Å². The van der Waals surface area contributed by atoms with Crippen molar-refractivity contribution in [1.29, 1.82) is 0 Å². The van der Waals surface area contributed by atoms with E-state index in [9.17, 15) is 0 Å². The fraction of sp³-hybridized carbons (Fsp3) is 0.333. The third-order valence-electron chi connectivity index (χ3n) is 2.82. The Kier molecular flexibility index (Phi) is 4.29. The molecule has 3 nitrogen and oxygen atoms in total. The molecule has 1 N–H and O–H groups in total. The van der Waals surface area contributed by atoms with Crippen LogP contribution in [0.4, 0.5) is 5.82 Å². The van der Waals surface area contributed by atoms with Crippen LogP contribution < -0.4 is 5.32 Å². The smallest absolute Gasteiger partial charge is 0.129 e. The average Bonchev–Trinajstić information content (AvgIpc) is 2.39. The molecule has 0 fully saturated rings. The van der Waals surface area contributed by atoms with E-state index in [1.807, 2.05) is 19.1 Å². The van der Waals surface area contributed by atoms with E-state index in [4.69, 9.17) is 0 Å². The van der Waals surface area contributed by atoms with Crippen molar-refractivity contribution < 1.29 is 0 Å². The van der Waals surface area contributed by atoms with Gasteiger partial charge in [-0.05, 0) is 25.3 Å². The topological polar surface area (TPSA) is 37.8 Å². The lowest BCUT2D eigenvalue weighted by atomic mass is 10.1. The van der Waals surface area contributed by atoms with Gasteiger partial charge in [-0.3, -0.25) is 0 Å². The van der Waals surface area contributed by atoms with Gasteiger partial charge in [0.05, 0.1) is 0 Å². The first-order valence-electron chi connectivity index (χ1n) is 6.40. The molecule has 0 atom stereocenters. The van der Waals surface area contributed by atoms with Gasteiger partial charge in [0.1, 0.15) is 11.6 Å². The van der Waals surface area contributed by atoms with Crippen LogP contribution in [0.5, 0.6) is 0 Å². The Morgan fingerprint density at radius 3 is 2.61 bits per heavy atom. The minimum Gasteiger partial charge on any atom is -0.370 e. The van der Waals surface area contributed by atoms with Crippen LogP contribution in [0.3, 0.4) is 0 Å². The highest BCUT2D eigenvalue weighted by molar-refractivity contribution is 5.36. The van der Waals surface area contributed by atoms with Crippen molar-refractivity contribution in [2.24, 2.45) is 0 Å². The van der Waals surface area contributed by atoms with Crippen molar-refractivity contribution in [1.82, 2.24) is 9.97 Å². The molecule has 0 aliphatic rings. The van der Waals surface area contributed by atoms with Crippen molar-refractivity contribution in [2.75, 3.05) is 11.9 Å². The highest BCUT2D eigenvalue weighted by Crippen LogP contribution is 2.07. The molecule has 18 heavy (non-hydrogen) atoms. The molecule has 0 unspecified atom stereocenters. The van der Waals surface area contributed by atoms with Gasteiger partial charge in [-0.15, -0.1) is 0 Å². The SMILES string of the molecule is CCc1cc(NCCc2ccccc2)nc(C)n1. The van der Waals surface area contributed by atoms with E-state index in [-0.39, 0.29) is 0 Å². The van der Waals surface area contributed by atoms with Crippen LogP contribution in [0, 0.1) is 6.92 Å². The summed E-state index contributed by atoms with van der Waals surface area (Å²) >= 11 is 0. The Hall–Kier alpha value is -1.90. The predicted octanol–water partition coefficient (Wildman–Crippen LogP) is 3.00. The van der Waals surface area contributed by atoms with Crippen molar-refractivity contribution in [3.8, 4) is 0 Å². The van der Waals surface area contributed by atoms with Crippen LogP contribution in [0.2, 0.25) is 0 Å². The molecule has 1 heterocycles. The largest absolute Gasteiger partial charge is 0.370 e. The average molecular weight is 241 g/mol. The Morgan fingerprint density at radius 1 is 1.11 bits per heavy atom. The van der Waals surface area contributed by atoms with Crippen molar-refractivity contribution >= 4 is 5.82 Å². The molecular formula is C15H19N3. The minimum atomic E-state index is 0.830. The molecule has 3 heteroatoms. The van der Waals surface area contributed by atoms with Gasteiger partial charge < -0.3 is 5.32 Å². The molecule has 0 radical (unpaired) electrons. The number of aryl methyl sites for hydroxylation is 2. The number of benzene rings is 1. The van der Waals surface area contributed by atoms with Crippen molar-refractivity contribution in [2.45, 2.75) is 26.7 Å². The number of hydrogen-bond acceptors (Lipinski definition) is 3. The Bertz CT molecular complexity index is 494. The van der Waals surface area contributed by atoms with Gasteiger partial charge in [0.15, 0.2) is 0 Å². The lowest BCUT2D eigenvalue weighted by Gasteiger charge is -2.07. The number of nitrogens with zero attached hydrogens (tertiary/aromatic N) is 2. The highest BCUT2D eigenvalue weighted by atomic mass is 15.0. The molecule has 94 valence electrons. The molecular weight excluding hydrogens is 222 g/mol. The molecule has 0 amide bonds. The van der Waals surface area contributed by atoms with E-state index in [0.29, 0.717) is 0 Å². The second kappa shape index (κ2) is 6.15. The normalized spacial score (nSPS) is 10.3. The van der Waals surface area contributed by atoms with Crippen LogP contribution in [0.25, 0.3) is 0 Å². The summed E-state index contributed by atoms with van der Waals surface area (Å²) in [7, 11) is 0. The Morgan fingerprint density at radius 2 is 1.89 bits per heavy atom. The zero-order valence-electron chi connectivity index (χ0n) is 11.0. The van der Waals surface area contributed by atoms with Gasteiger partial charge in [0, 0.05) is 18.3 Å². The van der Waals surface area contributed by atoms with E-state index in [2.05, 4.69) is 46.5 Å².